The third-order valence-electron chi connectivity index (χ3n) is 7.18. The predicted molar refractivity (Wildman–Crippen MR) is 195 cm³/mol. The Morgan fingerprint density at radius 1 is 0.696 bits per heavy atom. The molecule has 2 aliphatic rings. The molecular formula is C34H30BIN4O4S2. The van der Waals surface area contributed by atoms with Crippen LogP contribution < -0.4 is 5.46 Å². The van der Waals surface area contributed by atoms with E-state index in [1.54, 1.807) is 47.2 Å². The van der Waals surface area contributed by atoms with Crippen LogP contribution in [-0.2, 0) is 13.1 Å². The summed E-state index contributed by atoms with van der Waals surface area (Å²) >= 11 is 5.68. The average molecular weight is 760 g/mol. The standard InChI is InChI=1S/C17H14N2OS.C10H7IN2OS.C7H9BO2/c1-10-3-5-12(6-4-10)15-16-13(9-18-15)7-14(21-16)17-19-8-11(2)20-17;1-5-3-13-10(14-5)7-2-6-4-12-9(11)8(6)15-7;1-6-2-4-7(5-3-6)8(9)10/h3-8H,9H2,1-2H3;2-3H,4H2,1H3;2-5,9-10H,1H3. The van der Waals surface area contributed by atoms with Gasteiger partial charge in [0.2, 0.25) is 11.8 Å². The fraction of sp³-hybridized carbons (Fsp3) is 0.176. The Balaban J connectivity index is 0.000000130. The Morgan fingerprint density at radius 3 is 1.70 bits per heavy atom. The lowest BCUT2D eigenvalue weighted by Gasteiger charge is -2.01. The van der Waals surface area contributed by atoms with Crippen LogP contribution in [0.4, 0.5) is 0 Å². The summed E-state index contributed by atoms with van der Waals surface area (Å²) in [5.41, 5.74) is 7.73. The first-order chi connectivity index (χ1) is 22.1. The SMILES string of the molecule is Cc1ccc(B(O)O)cc1.Cc1ccc(C2=NCc3cc(-c4ncc(C)o4)sc32)cc1.Cc1cnc(-c2cc3c(s2)C(I)=NC3)o1. The van der Waals surface area contributed by atoms with E-state index >= 15 is 0 Å². The largest absolute Gasteiger partial charge is 0.488 e. The Kier molecular flexibility index (Phi) is 9.80. The Morgan fingerprint density at radius 2 is 1.20 bits per heavy atom. The van der Waals surface area contributed by atoms with Gasteiger partial charge in [-0.05, 0) is 79.0 Å². The number of nitrogens with zero attached hydrogens (tertiary/aromatic N) is 4. The van der Waals surface area contributed by atoms with Gasteiger partial charge in [-0.1, -0.05) is 59.7 Å². The zero-order valence-electron chi connectivity index (χ0n) is 25.6. The number of fused-ring (bicyclic) bond motifs is 2. The molecule has 0 saturated heterocycles. The molecule has 0 saturated carbocycles. The monoisotopic (exact) mass is 760 g/mol. The molecule has 0 atom stereocenters. The second-order valence-corrected chi connectivity index (χ2v) is 14.0. The third kappa shape index (κ3) is 7.31. The van der Waals surface area contributed by atoms with Gasteiger partial charge in [0.05, 0.1) is 50.7 Å². The van der Waals surface area contributed by atoms with Crippen molar-refractivity contribution in [3.05, 3.63) is 122 Å². The van der Waals surface area contributed by atoms with Gasteiger partial charge in [0.15, 0.2) is 0 Å². The summed E-state index contributed by atoms with van der Waals surface area (Å²) < 4.78 is 12.2. The normalized spacial score (nSPS) is 12.8. The number of benzene rings is 2. The molecule has 6 heterocycles. The van der Waals surface area contributed by atoms with Crippen LogP contribution in [0.25, 0.3) is 21.5 Å². The number of aromatic nitrogens is 2. The van der Waals surface area contributed by atoms with Gasteiger partial charge in [0.25, 0.3) is 0 Å². The van der Waals surface area contributed by atoms with Gasteiger partial charge in [-0.2, -0.15) is 0 Å². The van der Waals surface area contributed by atoms with E-state index in [4.69, 9.17) is 18.9 Å². The molecule has 0 unspecified atom stereocenters. The van der Waals surface area contributed by atoms with Gasteiger partial charge in [0.1, 0.15) is 15.2 Å². The third-order valence-corrected chi connectivity index (χ3v) is 10.8. The van der Waals surface area contributed by atoms with Crippen LogP contribution in [0.3, 0.4) is 0 Å². The molecule has 46 heavy (non-hydrogen) atoms. The second-order valence-electron chi connectivity index (χ2n) is 10.9. The molecule has 0 bridgehead atoms. The number of hydrogen-bond donors (Lipinski definition) is 2. The summed E-state index contributed by atoms with van der Waals surface area (Å²) in [5, 5.41) is 17.3. The van der Waals surface area contributed by atoms with Crippen LogP contribution in [0.15, 0.2) is 91.9 Å². The summed E-state index contributed by atoms with van der Waals surface area (Å²) in [7, 11) is -1.35. The van der Waals surface area contributed by atoms with E-state index in [9.17, 15) is 0 Å². The minimum Gasteiger partial charge on any atom is -0.441 e. The Labute approximate surface area is 288 Å². The van der Waals surface area contributed by atoms with Crippen molar-refractivity contribution < 1.29 is 18.9 Å². The summed E-state index contributed by atoms with van der Waals surface area (Å²) in [4.78, 5) is 22.3. The molecule has 8 rings (SSSR count). The summed E-state index contributed by atoms with van der Waals surface area (Å²) in [5.74, 6) is 3.11. The molecule has 2 aliphatic heterocycles. The molecule has 232 valence electrons. The van der Waals surface area contributed by atoms with Crippen molar-refractivity contribution in [3.8, 4) is 21.5 Å². The molecule has 0 amide bonds. The van der Waals surface area contributed by atoms with E-state index in [-0.39, 0.29) is 0 Å². The van der Waals surface area contributed by atoms with Crippen LogP contribution in [0.1, 0.15) is 49.1 Å². The van der Waals surface area contributed by atoms with Crippen molar-refractivity contribution >= 4 is 67.3 Å². The molecule has 0 radical (unpaired) electrons. The van der Waals surface area contributed by atoms with Gasteiger partial charge in [0, 0.05) is 5.56 Å². The number of aryl methyl sites for hydroxylation is 4. The van der Waals surface area contributed by atoms with Crippen LogP contribution in [-0.4, -0.2) is 36.6 Å². The predicted octanol–water partition coefficient (Wildman–Crippen LogP) is 7.45. The van der Waals surface area contributed by atoms with Crippen molar-refractivity contribution in [1.29, 1.82) is 0 Å². The lowest BCUT2D eigenvalue weighted by molar-refractivity contribution is 0.426. The maximum atomic E-state index is 8.67. The second kappa shape index (κ2) is 14.0. The molecule has 2 N–H and O–H groups in total. The van der Waals surface area contributed by atoms with E-state index in [2.05, 4.69) is 85.9 Å². The Bertz CT molecular complexity index is 2040. The molecule has 8 nitrogen and oxygen atoms in total. The quantitative estimate of drug-likeness (QED) is 0.143. The zero-order valence-corrected chi connectivity index (χ0v) is 29.4. The minimum absolute atomic E-state index is 0.533. The highest BCUT2D eigenvalue weighted by atomic mass is 127. The van der Waals surface area contributed by atoms with Gasteiger partial charge in [-0.25, -0.2) is 9.97 Å². The molecular weight excluding hydrogens is 730 g/mol. The first-order valence-corrected chi connectivity index (χ1v) is 17.2. The number of aliphatic imine (C=N–C) groups is 2. The summed E-state index contributed by atoms with van der Waals surface area (Å²) in [6.07, 6.45) is 3.51. The number of thiophene rings is 2. The zero-order chi connectivity index (χ0) is 32.4. The topological polar surface area (TPSA) is 117 Å². The molecule has 2 aromatic carbocycles. The number of oxazole rings is 2. The van der Waals surface area contributed by atoms with Crippen molar-refractivity contribution in [1.82, 2.24) is 9.97 Å². The first kappa shape index (κ1) is 32.3. The molecule has 0 spiro atoms. The minimum atomic E-state index is -1.35. The van der Waals surface area contributed by atoms with Gasteiger partial charge < -0.3 is 18.9 Å². The van der Waals surface area contributed by atoms with E-state index in [0.717, 1.165) is 55.2 Å². The van der Waals surface area contributed by atoms with E-state index in [1.807, 2.05) is 32.9 Å². The lowest BCUT2D eigenvalue weighted by Crippen LogP contribution is -2.29. The van der Waals surface area contributed by atoms with Gasteiger partial charge in [-0.15, -0.1) is 22.7 Å². The molecule has 4 aromatic heterocycles. The molecule has 6 aromatic rings. The van der Waals surface area contributed by atoms with Crippen molar-refractivity contribution in [2.24, 2.45) is 9.98 Å². The number of hydrogen-bond acceptors (Lipinski definition) is 10. The maximum Gasteiger partial charge on any atom is 0.488 e. The van der Waals surface area contributed by atoms with Gasteiger partial charge in [-0.3, -0.25) is 9.98 Å². The van der Waals surface area contributed by atoms with E-state index < -0.39 is 7.12 Å². The molecule has 12 heteroatoms. The van der Waals surface area contributed by atoms with Gasteiger partial charge >= 0.3 is 7.12 Å². The Hall–Kier alpha value is -3.69. The first-order valence-electron chi connectivity index (χ1n) is 14.5. The number of rotatable bonds is 4. The highest BCUT2D eigenvalue weighted by Gasteiger charge is 2.23. The van der Waals surface area contributed by atoms with E-state index in [0.29, 0.717) is 11.4 Å². The highest BCUT2D eigenvalue weighted by Crippen LogP contribution is 2.37. The van der Waals surface area contributed by atoms with Crippen molar-refractivity contribution in [2.75, 3.05) is 0 Å². The maximum absolute atomic E-state index is 8.67. The fourth-order valence-electron chi connectivity index (χ4n) is 4.75. The fourth-order valence-corrected chi connectivity index (χ4v) is 7.74. The van der Waals surface area contributed by atoms with E-state index in [1.165, 1.54) is 32.0 Å². The van der Waals surface area contributed by atoms with Crippen molar-refractivity contribution in [2.45, 2.75) is 40.8 Å². The van der Waals surface area contributed by atoms with Crippen LogP contribution in [0.5, 0.6) is 0 Å². The van der Waals surface area contributed by atoms with Crippen molar-refractivity contribution in [3.63, 3.8) is 0 Å². The van der Waals surface area contributed by atoms with Crippen LogP contribution >= 0.6 is 45.3 Å². The van der Waals surface area contributed by atoms with Crippen LogP contribution in [0.2, 0.25) is 0 Å². The molecule has 0 aliphatic carbocycles. The van der Waals surface area contributed by atoms with Crippen LogP contribution in [0, 0.1) is 27.7 Å². The summed E-state index contributed by atoms with van der Waals surface area (Å²) in [6, 6.07) is 19.9. The average Bonchev–Trinajstić information content (AvgIpc) is 3.87. The number of halogens is 1. The summed E-state index contributed by atoms with van der Waals surface area (Å²) in [6.45, 7) is 9.41. The highest BCUT2D eigenvalue weighted by molar-refractivity contribution is 14.1. The lowest BCUT2D eigenvalue weighted by atomic mass is 9.80. The molecule has 0 fully saturated rings. The smallest absolute Gasteiger partial charge is 0.441 e.